The summed E-state index contributed by atoms with van der Waals surface area (Å²) in [6.45, 7) is 6.81. The number of aryl methyl sites for hydroxylation is 2. The van der Waals surface area contributed by atoms with Crippen molar-refractivity contribution in [1.82, 2.24) is 20.3 Å². The van der Waals surface area contributed by atoms with E-state index in [0.717, 1.165) is 55.9 Å². The lowest BCUT2D eigenvalue weighted by molar-refractivity contribution is 0.0951. The lowest BCUT2D eigenvalue weighted by Crippen LogP contribution is -2.36. The predicted molar refractivity (Wildman–Crippen MR) is 141 cm³/mol. The summed E-state index contributed by atoms with van der Waals surface area (Å²) >= 11 is 0. The standard InChI is InChI=1S/C26H41N7O/c1-4-5-7-10-21-13-15-22(16-14-21)25(34)30-17-18-33(27)20-24(28-2)12-9-6-8-11-23-19-31-26(29-3)32-23/h13-16,19-20H,2,4-12,17-18,27H2,1,3H3,(H,30,34)(H2,29,31,32)/b24-20-. The molecular weight excluding hydrogens is 426 g/mol. The summed E-state index contributed by atoms with van der Waals surface area (Å²) in [5.74, 6) is 6.79. The minimum atomic E-state index is -0.0846. The third-order valence-electron chi connectivity index (χ3n) is 5.70. The Morgan fingerprint density at radius 3 is 2.62 bits per heavy atom. The highest BCUT2D eigenvalue weighted by molar-refractivity contribution is 5.94. The Labute approximate surface area is 204 Å². The first kappa shape index (κ1) is 27.1. The summed E-state index contributed by atoms with van der Waals surface area (Å²) in [4.78, 5) is 23.9. The van der Waals surface area contributed by atoms with Crippen molar-refractivity contribution in [2.45, 2.75) is 64.7 Å². The van der Waals surface area contributed by atoms with Gasteiger partial charge < -0.3 is 20.6 Å². The van der Waals surface area contributed by atoms with E-state index in [0.29, 0.717) is 18.7 Å². The van der Waals surface area contributed by atoms with Gasteiger partial charge in [-0.05, 0) is 62.9 Å². The van der Waals surface area contributed by atoms with Gasteiger partial charge in [0, 0.05) is 31.0 Å². The van der Waals surface area contributed by atoms with Crippen molar-refractivity contribution in [2.24, 2.45) is 10.8 Å². The number of nitrogens with zero attached hydrogens (tertiary/aromatic N) is 3. The maximum absolute atomic E-state index is 12.4. The molecule has 1 aromatic carbocycles. The van der Waals surface area contributed by atoms with Crippen molar-refractivity contribution >= 4 is 18.6 Å². The van der Waals surface area contributed by atoms with Crippen molar-refractivity contribution in [3.63, 3.8) is 0 Å². The number of nitrogens with two attached hydrogens (primary N) is 1. The average molecular weight is 468 g/mol. The lowest BCUT2D eigenvalue weighted by atomic mass is 10.1. The topological polar surface area (TPSA) is 111 Å². The fourth-order valence-corrected chi connectivity index (χ4v) is 3.65. The van der Waals surface area contributed by atoms with Gasteiger partial charge in [0.15, 0.2) is 5.95 Å². The number of nitrogens with one attached hydrogen (secondary N) is 3. The molecule has 0 aliphatic carbocycles. The Morgan fingerprint density at radius 2 is 1.94 bits per heavy atom. The number of aromatic amines is 1. The van der Waals surface area contributed by atoms with Crippen LogP contribution in [0.2, 0.25) is 0 Å². The molecule has 0 atom stereocenters. The summed E-state index contributed by atoms with van der Waals surface area (Å²) in [6.07, 6.45) is 13.3. The summed E-state index contributed by atoms with van der Waals surface area (Å²) in [5.41, 5.74) is 3.94. The maximum Gasteiger partial charge on any atom is 0.251 e. The molecule has 0 unspecified atom stereocenters. The Kier molecular flexibility index (Phi) is 12.5. The van der Waals surface area contributed by atoms with Crippen LogP contribution in [0.3, 0.4) is 0 Å². The molecule has 2 aromatic rings. The normalized spacial score (nSPS) is 11.3. The summed E-state index contributed by atoms with van der Waals surface area (Å²) in [7, 11) is 1.85. The van der Waals surface area contributed by atoms with E-state index in [2.05, 4.69) is 39.2 Å². The van der Waals surface area contributed by atoms with Gasteiger partial charge in [-0.25, -0.2) is 10.8 Å². The summed E-state index contributed by atoms with van der Waals surface area (Å²) in [5, 5.41) is 7.48. The van der Waals surface area contributed by atoms with Crippen LogP contribution < -0.4 is 16.5 Å². The van der Waals surface area contributed by atoms with E-state index in [1.807, 2.05) is 37.5 Å². The van der Waals surface area contributed by atoms with Crippen molar-refractivity contribution in [3.8, 4) is 0 Å². The second-order valence-corrected chi connectivity index (χ2v) is 8.49. The highest BCUT2D eigenvalue weighted by atomic mass is 16.1. The molecule has 0 aliphatic heterocycles. The number of hydrogen-bond donors (Lipinski definition) is 4. The van der Waals surface area contributed by atoms with Crippen LogP contribution in [0.4, 0.5) is 5.95 Å². The van der Waals surface area contributed by atoms with Gasteiger partial charge in [0.05, 0.1) is 18.4 Å². The first-order valence-electron chi connectivity index (χ1n) is 12.3. The molecule has 0 radical (unpaired) electrons. The maximum atomic E-state index is 12.4. The molecule has 34 heavy (non-hydrogen) atoms. The number of unbranched alkanes of at least 4 members (excludes halogenated alkanes) is 4. The number of H-pyrrole nitrogens is 1. The monoisotopic (exact) mass is 467 g/mol. The minimum Gasteiger partial charge on any atom is -0.359 e. The number of allylic oxidation sites excluding steroid dienone is 1. The van der Waals surface area contributed by atoms with Crippen LogP contribution in [0.1, 0.15) is 73.5 Å². The Hall–Kier alpha value is -3.13. The molecule has 1 heterocycles. The Balaban J connectivity index is 1.64. The molecular formula is C26H41N7O. The second-order valence-electron chi connectivity index (χ2n) is 8.49. The second kappa shape index (κ2) is 15.7. The molecule has 0 saturated heterocycles. The largest absolute Gasteiger partial charge is 0.359 e. The van der Waals surface area contributed by atoms with Gasteiger partial charge in [-0.15, -0.1) is 0 Å². The van der Waals surface area contributed by atoms with Crippen LogP contribution in [0.15, 0.2) is 47.4 Å². The Bertz CT molecular complexity index is 889. The van der Waals surface area contributed by atoms with E-state index in [4.69, 9.17) is 5.84 Å². The van der Waals surface area contributed by atoms with Crippen molar-refractivity contribution in [2.75, 3.05) is 25.5 Å². The van der Waals surface area contributed by atoms with Crippen LogP contribution in [0, 0.1) is 0 Å². The van der Waals surface area contributed by atoms with Crippen LogP contribution in [0.25, 0.3) is 0 Å². The van der Waals surface area contributed by atoms with Crippen molar-refractivity contribution < 1.29 is 4.79 Å². The zero-order chi connectivity index (χ0) is 24.6. The number of rotatable bonds is 17. The number of aromatic nitrogens is 2. The van der Waals surface area contributed by atoms with E-state index in [1.165, 1.54) is 24.8 Å². The van der Waals surface area contributed by atoms with Crippen LogP contribution in [-0.2, 0) is 12.8 Å². The molecule has 0 saturated carbocycles. The number of amides is 1. The van der Waals surface area contributed by atoms with Crippen LogP contribution in [0.5, 0.6) is 0 Å². The SMILES string of the molecule is C=N/C(=C\N(N)CCNC(=O)c1ccc(CCCCC)cc1)CCCCCc1cnc(NC)[nH]1. The highest BCUT2D eigenvalue weighted by Gasteiger charge is 2.06. The summed E-state index contributed by atoms with van der Waals surface area (Å²) < 4.78 is 0. The van der Waals surface area contributed by atoms with Gasteiger partial charge in [0.1, 0.15) is 0 Å². The van der Waals surface area contributed by atoms with Gasteiger partial charge in [-0.3, -0.25) is 9.79 Å². The van der Waals surface area contributed by atoms with Gasteiger partial charge in [0.2, 0.25) is 0 Å². The van der Waals surface area contributed by atoms with E-state index in [1.54, 1.807) is 11.2 Å². The molecule has 186 valence electrons. The Morgan fingerprint density at radius 1 is 1.18 bits per heavy atom. The first-order valence-corrected chi connectivity index (χ1v) is 12.3. The third kappa shape index (κ3) is 10.2. The average Bonchev–Trinajstić information content (AvgIpc) is 3.31. The fraction of sp³-hybridized carbons (Fsp3) is 0.500. The molecule has 1 aromatic heterocycles. The number of hydrazine groups is 1. The molecule has 0 aliphatic rings. The van der Waals surface area contributed by atoms with E-state index in [9.17, 15) is 4.79 Å². The molecule has 0 bridgehead atoms. The molecule has 8 heteroatoms. The number of hydrogen-bond acceptors (Lipinski definition) is 6. The predicted octanol–water partition coefficient (Wildman–Crippen LogP) is 4.43. The number of carbonyl (C=O) groups excluding carboxylic acids is 1. The highest BCUT2D eigenvalue weighted by Crippen LogP contribution is 2.13. The fourth-order valence-electron chi connectivity index (χ4n) is 3.65. The molecule has 2 rings (SSSR count). The zero-order valence-electron chi connectivity index (χ0n) is 20.8. The molecule has 0 fully saturated rings. The van der Waals surface area contributed by atoms with Gasteiger partial charge >= 0.3 is 0 Å². The number of anilines is 1. The quantitative estimate of drug-likeness (QED) is 0.119. The van der Waals surface area contributed by atoms with E-state index >= 15 is 0 Å². The number of benzene rings is 1. The van der Waals surface area contributed by atoms with Crippen molar-refractivity contribution in [1.29, 1.82) is 0 Å². The molecule has 5 N–H and O–H groups in total. The minimum absolute atomic E-state index is 0.0846. The van der Waals surface area contributed by atoms with Gasteiger partial charge in [-0.2, -0.15) is 0 Å². The van der Waals surface area contributed by atoms with Crippen molar-refractivity contribution in [3.05, 3.63) is 59.2 Å². The van der Waals surface area contributed by atoms with Gasteiger partial charge in [-0.1, -0.05) is 38.3 Å². The summed E-state index contributed by atoms with van der Waals surface area (Å²) in [6, 6.07) is 7.86. The smallest absolute Gasteiger partial charge is 0.251 e. The molecule has 1 amide bonds. The van der Waals surface area contributed by atoms with E-state index < -0.39 is 0 Å². The molecule has 0 spiro atoms. The van der Waals surface area contributed by atoms with Gasteiger partial charge in [0.25, 0.3) is 5.91 Å². The third-order valence-corrected chi connectivity index (χ3v) is 5.70. The zero-order valence-corrected chi connectivity index (χ0v) is 20.8. The number of carbonyl (C=O) groups is 1. The van der Waals surface area contributed by atoms with Crippen LogP contribution in [-0.4, -0.2) is 47.7 Å². The number of aliphatic imine (C=N–C) groups is 1. The number of imidazole rings is 1. The van der Waals surface area contributed by atoms with E-state index in [-0.39, 0.29) is 5.91 Å². The lowest BCUT2D eigenvalue weighted by Gasteiger charge is -2.15. The first-order chi connectivity index (χ1) is 16.5. The molecule has 8 nitrogen and oxygen atoms in total. The van der Waals surface area contributed by atoms with Crippen LogP contribution >= 0.6 is 0 Å².